The molecule has 2 aromatic rings. The van der Waals surface area contributed by atoms with Crippen LogP contribution in [0.2, 0.25) is 0 Å². The van der Waals surface area contributed by atoms with Crippen LogP contribution in [0.3, 0.4) is 0 Å². The zero-order chi connectivity index (χ0) is 18.1. The number of rotatable bonds is 3. The molecule has 0 nitrogen and oxygen atoms in total. The molecule has 1 fully saturated rings. The summed E-state index contributed by atoms with van der Waals surface area (Å²) in [5, 5.41) is 2.78. The van der Waals surface area contributed by atoms with Crippen LogP contribution in [-0.4, -0.2) is 0 Å². The molecule has 0 unspecified atom stereocenters. The third-order valence-electron chi connectivity index (χ3n) is 5.96. The Hall–Kier alpha value is -1.20. The maximum Gasteiger partial charge on any atom is 0 e. The second-order valence-corrected chi connectivity index (χ2v) is 8.45. The normalized spacial score (nSPS) is 18.0. The average Bonchev–Trinajstić information content (AvgIpc) is 3.04. The molecule has 0 saturated heterocycles. The van der Waals surface area contributed by atoms with Gasteiger partial charge < -0.3 is 0 Å². The van der Waals surface area contributed by atoms with E-state index in [1.165, 1.54) is 70.4 Å². The Morgan fingerprint density at radius 3 is 2.30 bits per heavy atom. The van der Waals surface area contributed by atoms with Gasteiger partial charge in [0.1, 0.15) is 0 Å². The van der Waals surface area contributed by atoms with Gasteiger partial charge in [0.2, 0.25) is 0 Å². The van der Waals surface area contributed by atoms with Gasteiger partial charge in [-0.25, -0.2) is 0 Å². The first-order valence-corrected chi connectivity index (χ1v) is 10.3. The summed E-state index contributed by atoms with van der Waals surface area (Å²) in [4.78, 5) is 0. The molecular weight excluding hydrogens is 404 g/mol. The fourth-order valence-corrected chi connectivity index (χ4v) is 4.45. The second kappa shape index (κ2) is 8.87. The van der Waals surface area contributed by atoms with Crippen LogP contribution in [0.25, 0.3) is 23.3 Å². The van der Waals surface area contributed by atoms with Gasteiger partial charge in [-0.3, -0.25) is 0 Å². The molecule has 0 heterocycles. The average molecular weight is 434 g/mol. The summed E-state index contributed by atoms with van der Waals surface area (Å²) in [7, 11) is 0. The van der Waals surface area contributed by atoms with Gasteiger partial charge in [0, 0.05) is 26.2 Å². The summed E-state index contributed by atoms with van der Waals surface area (Å²) >= 11 is 0. The first-order valence-electron chi connectivity index (χ1n) is 10.3. The number of allylic oxidation sites excluding steroid dienone is 2. The minimum atomic E-state index is 0. The molecule has 0 amide bonds. The molecule has 0 N–H and O–H groups in total. The van der Waals surface area contributed by atoms with E-state index in [1.54, 1.807) is 0 Å². The predicted molar refractivity (Wildman–Crippen MR) is 114 cm³/mol. The van der Waals surface area contributed by atoms with Crippen molar-refractivity contribution in [3.05, 3.63) is 69.6 Å². The minimum Gasteiger partial charge on any atom is -0.0741 e. The Kier molecular flexibility index (Phi) is 6.75. The van der Waals surface area contributed by atoms with Crippen LogP contribution in [-0.2, 0) is 26.2 Å². The molecule has 138 valence electrons. The fourth-order valence-electron chi connectivity index (χ4n) is 4.45. The van der Waals surface area contributed by atoms with Crippen molar-refractivity contribution in [2.24, 2.45) is 5.92 Å². The van der Waals surface area contributed by atoms with Crippen molar-refractivity contribution in [1.29, 1.82) is 0 Å². The summed E-state index contributed by atoms with van der Waals surface area (Å²) in [6.07, 6.45) is 14.3. The molecule has 0 aromatic heterocycles. The van der Waals surface area contributed by atoms with E-state index in [2.05, 4.69) is 75.4 Å². The van der Waals surface area contributed by atoms with E-state index in [9.17, 15) is 0 Å². The van der Waals surface area contributed by atoms with Crippen molar-refractivity contribution in [2.45, 2.75) is 58.8 Å². The summed E-state index contributed by atoms with van der Waals surface area (Å²) in [6, 6.07) is 13.8. The van der Waals surface area contributed by atoms with E-state index >= 15 is 0 Å². The summed E-state index contributed by atoms with van der Waals surface area (Å²) < 4.78 is 0. The Morgan fingerprint density at radius 2 is 1.63 bits per heavy atom. The topological polar surface area (TPSA) is 0 Å². The van der Waals surface area contributed by atoms with E-state index in [4.69, 9.17) is 0 Å². The van der Waals surface area contributed by atoms with E-state index in [0.717, 1.165) is 5.92 Å². The zero-order valence-corrected chi connectivity index (χ0v) is 19.3. The molecule has 0 atom stereocenters. The standard InChI is InChI=1S/C26H30.Zr/c1-18(2)22-9-11-23(12-10-22)25-14-19(3)13-24-16-21(17-26(24)25)15-20-7-5-4-6-8-20;/h9-18,20H,4-8H2,1-3H3;. The summed E-state index contributed by atoms with van der Waals surface area (Å²) in [6.45, 7) is 6.72. The zero-order valence-electron chi connectivity index (χ0n) is 16.9. The van der Waals surface area contributed by atoms with Gasteiger partial charge in [-0.05, 0) is 82.0 Å². The summed E-state index contributed by atoms with van der Waals surface area (Å²) in [5.74, 6) is 1.35. The molecule has 0 bridgehead atoms. The maximum absolute atomic E-state index is 2.53. The van der Waals surface area contributed by atoms with Crippen molar-refractivity contribution < 1.29 is 26.2 Å². The van der Waals surface area contributed by atoms with E-state index < -0.39 is 0 Å². The van der Waals surface area contributed by atoms with Gasteiger partial charge in [0.15, 0.2) is 0 Å². The molecule has 0 spiro atoms. The smallest absolute Gasteiger partial charge is 0 e. The molecule has 1 heteroatoms. The first-order chi connectivity index (χ1) is 12.6. The Balaban J connectivity index is 0.00000210. The van der Waals surface area contributed by atoms with Gasteiger partial charge >= 0.3 is 0 Å². The van der Waals surface area contributed by atoms with E-state index in [1.807, 2.05) is 0 Å². The molecule has 27 heavy (non-hydrogen) atoms. The van der Waals surface area contributed by atoms with Crippen molar-refractivity contribution in [3.63, 3.8) is 0 Å². The van der Waals surface area contributed by atoms with E-state index in [0.29, 0.717) is 5.92 Å². The Morgan fingerprint density at radius 1 is 0.926 bits per heavy atom. The van der Waals surface area contributed by atoms with E-state index in [-0.39, 0.29) is 26.2 Å². The van der Waals surface area contributed by atoms with Gasteiger partial charge in [-0.2, -0.15) is 0 Å². The van der Waals surface area contributed by atoms with Crippen LogP contribution in [0.15, 0.2) is 48.0 Å². The Bertz CT molecular complexity index is 939. The number of fused-ring (bicyclic) bond motifs is 1. The minimum absolute atomic E-state index is 0. The van der Waals surface area contributed by atoms with Gasteiger partial charge in [0.05, 0.1) is 0 Å². The van der Waals surface area contributed by atoms with Crippen LogP contribution in [0, 0.1) is 12.8 Å². The largest absolute Gasteiger partial charge is 0.0741 e. The predicted octanol–water partition coefficient (Wildman–Crippen LogP) is 5.86. The fraction of sp³-hybridized carbons (Fsp3) is 0.385. The van der Waals surface area contributed by atoms with Gasteiger partial charge in [-0.15, -0.1) is 0 Å². The molecule has 2 aliphatic carbocycles. The molecule has 2 aliphatic rings. The molecular formula is C26H30Zr. The number of hydrogen-bond acceptors (Lipinski definition) is 0. The quantitative estimate of drug-likeness (QED) is 0.568. The van der Waals surface area contributed by atoms with Crippen molar-refractivity contribution in [2.75, 3.05) is 0 Å². The van der Waals surface area contributed by atoms with Crippen LogP contribution in [0.4, 0.5) is 0 Å². The summed E-state index contributed by atoms with van der Waals surface area (Å²) in [5.41, 5.74) is 6.87. The first kappa shape index (κ1) is 20.5. The van der Waals surface area contributed by atoms with Gasteiger partial charge in [-0.1, -0.05) is 75.6 Å². The van der Waals surface area contributed by atoms with Crippen LogP contribution in [0.1, 0.15) is 63.0 Å². The maximum atomic E-state index is 2.53. The molecule has 1 saturated carbocycles. The SMILES string of the molecule is Cc1cc(-c2ccc(C(C)C)cc2)c2c(c1)=CC(=CC1CCCCC1)C=2.[Zr]. The third kappa shape index (κ3) is 4.63. The second-order valence-electron chi connectivity index (χ2n) is 8.45. The molecule has 4 rings (SSSR count). The van der Waals surface area contributed by atoms with Crippen molar-refractivity contribution >= 4 is 12.2 Å². The van der Waals surface area contributed by atoms with Crippen LogP contribution >= 0.6 is 0 Å². The number of hydrogen-bond donors (Lipinski definition) is 0. The molecule has 0 radical (unpaired) electrons. The molecule has 2 aromatic carbocycles. The third-order valence-corrected chi connectivity index (χ3v) is 5.96. The van der Waals surface area contributed by atoms with Crippen LogP contribution < -0.4 is 10.4 Å². The number of aryl methyl sites for hydroxylation is 1. The van der Waals surface area contributed by atoms with Gasteiger partial charge in [0.25, 0.3) is 0 Å². The Labute approximate surface area is 183 Å². The number of benzene rings is 2. The molecule has 0 aliphatic heterocycles. The van der Waals surface area contributed by atoms with Crippen molar-refractivity contribution in [1.82, 2.24) is 0 Å². The van der Waals surface area contributed by atoms with Crippen molar-refractivity contribution in [3.8, 4) is 11.1 Å². The monoisotopic (exact) mass is 432 g/mol. The van der Waals surface area contributed by atoms with Crippen LogP contribution in [0.5, 0.6) is 0 Å².